The van der Waals surface area contributed by atoms with Crippen LogP contribution in [-0.2, 0) is 9.53 Å². The first-order chi connectivity index (χ1) is 13.1. The van der Waals surface area contributed by atoms with Crippen LogP contribution >= 0.6 is 11.8 Å². The van der Waals surface area contributed by atoms with E-state index in [0.717, 1.165) is 18.7 Å². The Balaban J connectivity index is 1.49. The number of carbonyl (C=O) groups excluding carboxylic acids is 1. The molecule has 2 aliphatic rings. The number of rotatable bonds is 3. The van der Waals surface area contributed by atoms with E-state index in [2.05, 4.69) is 4.99 Å². The van der Waals surface area contributed by atoms with E-state index >= 15 is 0 Å². The predicted octanol–water partition coefficient (Wildman–Crippen LogP) is 3.16. The van der Waals surface area contributed by atoms with Crippen molar-refractivity contribution in [2.24, 2.45) is 4.99 Å². The number of nitrogens with zero attached hydrogens (tertiary/aromatic N) is 3. The summed E-state index contributed by atoms with van der Waals surface area (Å²) in [6.07, 6.45) is 1.67. The SMILES string of the molecule is O=C1N=C(N2CCOCC2)SC1=Cc1ccc(-c2ccc([N+](=O)[O-])cc2)o1. The van der Waals surface area contributed by atoms with E-state index in [4.69, 9.17) is 9.15 Å². The summed E-state index contributed by atoms with van der Waals surface area (Å²) in [5.74, 6) is 0.814. The number of carbonyl (C=O) groups is 1. The van der Waals surface area contributed by atoms with Crippen LogP contribution in [0.1, 0.15) is 5.76 Å². The van der Waals surface area contributed by atoms with Crippen molar-refractivity contribution in [2.75, 3.05) is 26.3 Å². The molecule has 138 valence electrons. The molecule has 1 aromatic carbocycles. The van der Waals surface area contributed by atoms with E-state index in [-0.39, 0.29) is 11.6 Å². The van der Waals surface area contributed by atoms with Crippen LogP contribution in [0.5, 0.6) is 0 Å². The first kappa shape index (κ1) is 17.5. The Morgan fingerprint density at radius 2 is 1.89 bits per heavy atom. The molecular formula is C18H15N3O5S. The number of non-ortho nitro benzene ring substituents is 1. The van der Waals surface area contributed by atoms with Crippen LogP contribution in [0.25, 0.3) is 17.4 Å². The number of hydrogen-bond acceptors (Lipinski definition) is 7. The number of furan rings is 1. The minimum absolute atomic E-state index is 0.0217. The number of amides is 1. The van der Waals surface area contributed by atoms with Gasteiger partial charge in [0.2, 0.25) is 0 Å². The molecule has 2 aromatic rings. The van der Waals surface area contributed by atoms with Gasteiger partial charge < -0.3 is 14.1 Å². The number of aliphatic imine (C=N–C) groups is 1. The Hall–Kier alpha value is -2.91. The van der Waals surface area contributed by atoms with Gasteiger partial charge in [0.1, 0.15) is 11.5 Å². The van der Waals surface area contributed by atoms with Crippen LogP contribution in [-0.4, -0.2) is 47.2 Å². The zero-order valence-corrected chi connectivity index (χ0v) is 15.0. The molecule has 0 N–H and O–H groups in total. The molecule has 0 atom stereocenters. The zero-order chi connectivity index (χ0) is 18.8. The summed E-state index contributed by atoms with van der Waals surface area (Å²) in [4.78, 5) is 29.1. The normalized spacial score (nSPS) is 18.8. The van der Waals surface area contributed by atoms with E-state index in [0.29, 0.717) is 34.8 Å². The van der Waals surface area contributed by atoms with Crippen LogP contribution in [0.3, 0.4) is 0 Å². The van der Waals surface area contributed by atoms with Crippen LogP contribution < -0.4 is 0 Å². The number of thioether (sulfide) groups is 1. The molecule has 9 heteroatoms. The molecule has 1 fully saturated rings. The van der Waals surface area contributed by atoms with Gasteiger partial charge in [-0.05, 0) is 36.0 Å². The summed E-state index contributed by atoms with van der Waals surface area (Å²) in [7, 11) is 0. The van der Waals surface area contributed by atoms with Gasteiger partial charge in [-0.15, -0.1) is 0 Å². The van der Waals surface area contributed by atoms with E-state index in [1.807, 2.05) is 4.90 Å². The lowest BCUT2D eigenvalue weighted by Gasteiger charge is -2.27. The number of morpholine rings is 1. The summed E-state index contributed by atoms with van der Waals surface area (Å²) in [6.45, 7) is 2.70. The molecule has 3 heterocycles. The quantitative estimate of drug-likeness (QED) is 0.455. The van der Waals surface area contributed by atoms with Gasteiger partial charge in [-0.2, -0.15) is 4.99 Å². The van der Waals surface area contributed by atoms with Crippen molar-refractivity contribution in [1.82, 2.24) is 4.90 Å². The largest absolute Gasteiger partial charge is 0.457 e. The summed E-state index contributed by atoms with van der Waals surface area (Å²) < 4.78 is 11.1. The maximum Gasteiger partial charge on any atom is 0.286 e. The predicted molar refractivity (Wildman–Crippen MR) is 101 cm³/mol. The van der Waals surface area contributed by atoms with Gasteiger partial charge in [0.05, 0.1) is 23.0 Å². The number of amidine groups is 1. The lowest BCUT2D eigenvalue weighted by molar-refractivity contribution is -0.384. The second kappa shape index (κ2) is 7.37. The van der Waals surface area contributed by atoms with Crippen LogP contribution in [0.4, 0.5) is 5.69 Å². The number of nitro benzene ring substituents is 1. The van der Waals surface area contributed by atoms with Gasteiger partial charge in [-0.25, -0.2) is 0 Å². The van der Waals surface area contributed by atoms with Crippen LogP contribution in [0.15, 0.2) is 50.7 Å². The van der Waals surface area contributed by atoms with Crippen molar-refractivity contribution in [3.05, 3.63) is 57.2 Å². The highest BCUT2D eigenvalue weighted by atomic mass is 32.2. The van der Waals surface area contributed by atoms with Gasteiger partial charge in [0, 0.05) is 36.9 Å². The molecule has 0 aliphatic carbocycles. The number of ether oxygens (including phenoxy) is 1. The van der Waals surface area contributed by atoms with Crippen molar-refractivity contribution in [3.63, 3.8) is 0 Å². The molecule has 1 amide bonds. The summed E-state index contributed by atoms with van der Waals surface area (Å²) in [6, 6.07) is 9.63. The molecule has 1 aromatic heterocycles. The standard InChI is InChI=1S/C18H15N3O5S/c22-17-16(27-18(19-17)20-7-9-25-10-8-20)11-14-5-6-15(26-14)12-1-3-13(4-2-12)21(23)24/h1-6,11H,7-10H2. The number of benzene rings is 1. The van der Waals surface area contributed by atoms with Crippen molar-refractivity contribution < 1.29 is 18.9 Å². The van der Waals surface area contributed by atoms with Crippen molar-refractivity contribution in [1.29, 1.82) is 0 Å². The Morgan fingerprint density at radius 1 is 1.15 bits per heavy atom. The molecule has 0 spiro atoms. The minimum atomic E-state index is -0.448. The second-order valence-electron chi connectivity index (χ2n) is 5.92. The summed E-state index contributed by atoms with van der Waals surface area (Å²) in [5, 5.41) is 11.4. The van der Waals surface area contributed by atoms with E-state index < -0.39 is 4.92 Å². The van der Waals surface area contributed by atoms with Crippen molar-refractivity contribution in [2.45, 2.75) is 0 Å². The summed E-state index contributed by atoms with van der Waals surface area (Å²) >= 11 is 1.33. The average Bonchev–Trinajstić information content (AvgIpc) is 3.30. The summed E-state index contributed by atoms with van der Waals surface area (Å²) in [5.41, 5.74) is 0.745. The van der Waals surface area contributed by atoms with Crippen molar-refractivity contribution in [3.8, 4) is 11.3 Å². The molecule has 0 bridgehead atoms. The Labute approximate surface area is 158 Å². The molecule has 8 nitrogen and oxygen atoms in total. The lowest BCUT2D eigenvalue weighted by Crippen LogP contribution is -2.38. The highest BCUT2D eigenvalue weighted by Gasteiger charge is 2.27. The zero-order valence-electron chi connectivity index (χ0n) is 14.2. The third-order valence-electron chi connectivity index (χ3n) is 4.15. The van der Waals surface area contributed by atoms with Crippen molar-refractivity contribution >= 4 is 34.6 Å². The van der Waals surface area contributed by atoms with Gasteiger partial charge in [-0.3, -0.25) is 14.9 Å². The maximum absolute atomic E-state index is 12.2. The van der Waals surface area contributed by atoms with Crippen LogP contribution in [0, 0.1) is 10.1 Å². The number of nitro groups is 1. The molecule has 2 aliphatic heterocycles. The minimum Gasteiger partial charge on any atom is -0.457 e. The highest BCUT2D eigenvalue weighted by molar-refractivity contribution is 8.18. The van der Waals surface area contributed by atoms with Gasteiger partial charge in [-0.1, -0.05) is 0 Å². The molecule has 0 saturated carbocycles. The highest BCUT2D eigenvalue weighted by Crippen LogP contribution is 2.32. The second-order valence-corrected chi connectivity index (χ2v) is 6.92. The molecule has 4 rings (SSSR count). The Kier molecular flexibility index (Phi) is 4.78. The van der Waals surface area contributed by atoms with E-state index in [1.165, 1.54) is 23.9 Å². The Morgan fingerprint density at radius 3 is 2.59 bits per heavy atom. The van der Waals surface area contributed by atoms with Gasteiger partial charge in [0.25, 0.3) is 11.6 Å². The Bertz CT molecular complexity index is 942. The molecule has 0 unspecified atom stereocenters. The molecular weight excluding hydrogens is 370 g/mol. The molecule has 27 heavy (non-hydrogen) atoms. The van der Waals surface area contributed by atoms with E-state index in [9.17, 15) is 14.9 Å². The smallest absolute Gasteiger partial charge is 0.286 e. The van der Waals surface area contributed by atoms with E-state index in [1.54, 1.807) is 30.3 Å². The average molecular weight is 385 g/mol. The number of hydrogen-bond donors (Lipinski definition) is 0. The third kappa shape index (κ3) is 3.79. The monoisotopic (exact) mass is 385 g/mol. The molecule has 1 saturated heterocycles. The first-order valence-electron chi connectivity index (χ1n) is 8.30. The third-order valence-corrected chi connectivity index (χ3v) is 5.20. The molecule has 0 radical (unpaired) electrons. The van der Waals surface area contributed by atoms with Crippen LogP contribution in [0.2, 0.25) is 0 Å². The van der Waals surface area contributed by atoms with Gasteiger partial charge in [0.15, 0.2) is 5.17 Å². The fraction of sp³-hybridized carbons (Fsp3) is 0.222. The first-order valence-corrected chi connectivity index (χ1v) is 9.12. The maximum atomic E-state index is 12.2. The topological polar surface area (TPSA) is 98.2 Å². The van der Waals surface area contributed by atoms with Gasteiger partial charge >= 0.3 is 0 Å². The fourth-order valence-electron chi connectivity index (χ4n) is 2.75. The lowest BCUT2D eigenvalue weighted by atomic mass is 10.1. The fourth-order valence-corrected chi connectivity index (χ4v) is 3.70.